The van der Waals surface area contributed by atoms with E-state index in [4.69, 9.17) is 0 Å². The van der Waals surface area contributed by atoms with Crippen molar-refractivity contribution in [2.75, 3.05) is 16.8 Å². The van der Waals surface area contributed by atoms with Crippen LogP contribution in [0.2, 0.25) is 0 Å². The Bertz CT molecular complexity index is 3290. The minimum absolute atomic E-state index is 0. The zero-order chi connectivity index (χ0) is 51.2. The SMILES string of the molecule is Brc1cc[c-]c(-c2ccccn2)c1.Brc1cc[c-]c(-c2nccc3ccccc23)c1.CC(C)(C)c1c[c-]c(-c2ccc(Br)cn2)cc1.CN1[CH-]N(c2[c-]ccc(Br)c2)c2cc3c(cc21)C(C)(C)CCC3(C)C.[Ir].[Ir].[Ir].[Ir]. The first-order valence-electron chi connectivity index (χ1n) is 23.8. The van der Waals surface area contributed by atoms with Crippen molar-refractivity contribution in [3.05, 3.63) is 230 Å². The number of pyridine rings is 3. The van der Waals surface area contributed by atoms with Gasteiger partial charge in [-0.3, -0.25) is 0 Å². The molecule has 402 valence electrons. The number of benzene rings is 6. The minimum atomic E-state index is 0. The summed E-state index contributed by atoms with van der Waals surface area (Å²) < 4.78 is 4.16. The van der Waals surface area contributed by atoms with Gasteiger partial charge in [0.2, 0.25) is 0 Å². The summed E-state index contributed by atoms with van der Waals surface area (Å²) in [5.41, 5.74) is 14.4. The number of hydrogen-bond donors (Lipinski definition) is 0. The van der Waals surface area contributed by atoms with Crippen LogP contribution in [0.5, 0.6) is 0 Å². The molecule has 0 amide bonds. The third-order valence-corrected chi connectivity index (χ3v) is 14.9. The molecule has 9 aromatic rings. The van der Waals surface area contributed by atoms with E-state index in [9.17, 15) is 0 Å². The fourth-order valence-corrected chi connectivity index (χ4v) is 10.0. The fourth-order valence-electron chi connectivity index (χ4n) is 8.73. The van der Waals surface area contributed by atoms with Crippen LogP contribution in [-0.4, -0.2) is 22.0 Å². The number of halogens is 4. The van der Waals surface area contributed by atoms with Crippen LogP contribution in [0, 0.1) is 30.9 Å². The summed E-state index contributed by atoms with van der Waals surface area (Å²) in [4.78, 5) is 17.5. The molecule has 0 unspecified atom stereocenters. The van der Waals surface area contributed by atoms with Crippen molar-refractivity contribution in [3.63, 3.8) is 0 Å². The molecule has 3 aromatic heterocycles. The van der Waals surface area contributed by atoms with E-state index in [-0.39, 0.29) is 96.7 Å². The van der Waals surface area contributed by atoms with Crippen molar-refractivity contribution in [3.8, 4) is 33.8 Å². The molecule has 11 rings (SSSR count). The van der Waals surface area contributed by atoms with Gasteiger partial charge in [0.05, 0.1) is 0 Å². The molecular formula is C63H56Br4Ir4N5-5. The fraction of sp³-hybridized carbons (Fsp3) is 0.206. The first-order valence-corrected chi connectivity index (χ1v) is 27.0. The molecular weight excluding hydrogens is 1920 g/mol. The van der Waals surface area contributed by atoms with Gasteiger partial charge in [-0.15, -0.1) is 107 Å². The Labute approximate surface area is 538 Å². The average molecular weight is 1970 g/mol. The number of fused-ring (bicyclic) bond motifs is 3. The van der Waals surface area contributed by atoms with E-state index in [2.05, 4.69) is 223 Å². The summed E-state index contributed by atoms with van der Waals surface area (Å²) in [5.74, 6) is 0. The standard InChI is InChI=1S/C22H25BrN2.C15H9BrN.C15H15BrN.C11H7BrN.4Ir/c1-21(2)9-10-22(3,4)18-13-20-19(12-17(18)21)24(5)14-25(20)16-8-6-7-15(23)11-16;16-13-6-3-5-12(10-13)15-14-7-2-1-4-11(14)8-9-17-15;1-15(2,3)12-6-4-11(5-7-12)14-9-8-13(16)10-17-14;12-10-5-3-4-9(8-10)11-6-1-2-7-13-11;;;;/h6-7,11-14H,9-10H2,1-5H3;1-4,6-10H;4,6-10H,1-3H3;1-3,5-8H;;;;/q-2;3*-1;;;;. The molecule has 0 atom stereocenters. The van der Waals surface area contributed by atoms with E-state index in [1.807, 2.05) is 103 Å². The quantitative estimate of drug-likeness (QED) is 0.164. The zero-order valence-electron chi connectivity index (χ0n) is 43.2. The molecule has 2 aliphatic rings. The Hall–Kier alpha value is -2.85. The van der Waals surface area contributed by atoms with E-state index in [0.29, 0.717) is 0 Å². The summed E-state index contributed by atoms with van der Waals surface area (Å²) in [6, 6.07) is 62.1. The van der Waals surface area contributed by atoms with Crippen molar-refractivity contribution in [1.82, 2.24) is 15.0 Å². The Kier molecular flexibility index (Phi) is 25.1. The van der Waals surface area contributed by atoms with Gasteiger partial charge < -0.3 is 24.8 Å². The molecule has 0 saturated heterocycles. The van der Waals surface area contributed by atoms with E-state index in [0.717, 1.165) is 62.7 Å². The van der Waals surface area contributed by atoms with Gasteiger partial charge >= 0.3 is 0 Å². The summed E-state index contributed by atoms with van der Waals surface area (Å²) in [5, 5.41) is 2.36. The molecule has 0 saturated carbocycles. The third-order valence-electron chi connectivity index (χ3n) is 13.0. The molecule has 0 bridgehead atoms. The maximum absolute atomic E-state index is 4.47. The van der Waals surface area contributed by atoms with Crippen LogP contribution < -0.4 is 9.80 Å². The van der Waals surface area contributed by atoms with Gasteiger partial charge in [-0.2, -0.15) is 24.9 Å². The van der Waals surface area contributed by atoms with Crippen molar-refractivity contribution in [1.29, 1.82) is 0 Å². The topological polar surface area (TPSA) is 45.2 Å². The predicted molar refractivity (Wildman–Crippen MR) is 314 cm³/mol. The molecule has 4 heterocycles. The molecule has 6 aromatic carbocycles. The van der Waals surface area contributed by atoms with E-state index < -0.39 is 0 Å². The number of rotatable bonds is 4. The summed E-state index contributed by atoms with van der Waals surface area (Å²) in [7, 11) is 2.13. The van der Waals surface area contributed by atoms with Crippen LogP contribution in [0.15, 0.2) is 182 Å². The van der Waals surface area contributed by atoms with Crippen molar-refractivity contribution in [2.45, 2.75) is 77.6 Å². The maximum Gasteiger partial charge on any atom is 0.0341 e. The van der Waals surface area contributed by atoms with Gasteiger partial charge in [0, 0.05) is 115 Å². The maximum atomic E-state index is 4.47. The number of hydrogen-bond acceptors (Lipinski definition) is 5. The third kappa shape index (κ3) is 16.6. The summed E-state index contributed by atoms with van der Waals surface area (Å²) in [6.07, 6.45) is 7.90. The molecule has 1 aliphatic carbocycles. The van der Waals surface area contributed by atoms with Crippen LogP contribution in [0.25, 0.3) is 44.5 Å². The van der Waals surface area contributed by atoms with Gasteiger partial charge in [-0.05, 0) is 115 Å². The van der Waals surface area contributed by atoms with Crippen molar-refractivity contribution in [2.24, 2.45) is 0 Å². The molecule has 0 fully saturated rings. The summed E-state index contributed by atoms with van der Waals surface area (Å²) in [6.45, 7) is 18.3. The zero-order valence-corrected chi connectivity index (χ0v) is 59.1. The van der Waals surface area contributed by atoms with Gasteiger partial charge in [0.15, 0.2) is 0 Å². The minimum Gasteiger partial charge on any atom is -0.504 e. The molecule has 13 heteroatoms. The van der Waals surface area contributed by atoms with Crippen LogP contribution in [0.4, 0.5) is 17.1 Å². The second kappa shape index (κ2) is 29.0. The number of nitrogens with zero attached hydrogens (tertiary/aromatic N) is 5. The number of aromatic nitrogens is 3. The van der Waals surface area contributed by atoms with Gasteiger partial charge in [0.1, 0.15) is 0 Å². The van der Waals surface area contributed by atoms with Gasteiger partial charge in [-0.1, -0.05) is 158 Å². The Morgan fingerprint density at radius 3 is 1.71 bits per heavy atom. The smallest absolute Gasteiger partial charge is 0.0341 e. The number of anilines is 3. The average Bonchev–Trinajstić information content (AvgIpc) is 3.71. The molecule has 76 heavy (non-hydrogen) atoms. The van der Waals surface area contributed by atoms with Gasteiger partial charge in [0.25, 0.3) is 0 Å². The second-order valence-electron chi connectivity index (χ2n) is 20.2. The van der Waals surface area contributed by atoms with Crippen molar-refractivity contribution >= 4 is 91.6 Å². The molecule has 4 radical (unpaired) electrons. The first-order chi connectivity index (χ1) is 34.4. The predicted octanol–water partition coefficient (Wildman–Crippen LogP) is 18.7. The van der Waals surface area contributed by atoms with Crippen LogP contribution in [0.1, 0.15) is 78.0 Å². The molecule has 1 aliphatic heterocycles. The molecule has 0 spiro atoms. The van der Waals surface area contributed by atoms with Gasteiger partial charge in [-0.25, -0.2) is 0 Å². The normalized spacial score (nSPS) is 13.4. The Morgan fingerprint density at radius 2 is 1.13 bits per heavy atom. The molecule has 0 N–H and O–H groups in total. The van der Waals surface area contributed by atoms with Crippen LogP contribution in [-0.2, 0) is 96.7 Å². The molecule has 5 nitrogen and oxygen atoms in total. The van der Waals surface area contributed by atoms with E-state index >= 15 is 0 Å². The second-order valence-corrected chi connectivity index (χ2v) is 23.8. The first kappa shape index (κ1) is 65.7. The monoisotopic (exact) mass is 1970 g/mol. The van der Waals surface area contributed by atoms with E-state index in [1.165, 1.54) is 46.3 Å². The van der Waals surface area contributed by atoms with Crippen LogP contribution in [0.3, 0.4) is 0 Å². The summed E-state index contributed by atoms with van der Waals surface area (Å²) >= 11 is 13.9. The van der Waals surface area contributed by atoms with Crippen LogP contribution >= 0.6 is 63.7 Å². The Morgan fingerprint density at radius 1 is 0.539 bits per heavy atom. The van der Waals surface area contributed by atoms with E-state index in [1.54, 1.807) is 12.4 Å². The largest absolute Gasteiger partial charge is 0.504 e. The Balaban J connectivity index is 0.000000221. The van der Waals surface area contributed by atoms with Crippen molar-refractivity contribution < 1.29 is 80.4 Å².